The van der Waals surface area contributed by atoms with Gasteiger partial charge in [-0.25, -0.2) is 0 Å². The Balaban J connectivity index is 1.90. The summed E-state index contributed by atoms with van der Waals surface area (Å²) in [6.07, 6.45) is 0. The molecule has 0 unspecified atom stereocenters. The van der Waals surface area contributed by atoms with Crippen LogP contribution in [0.5, 0.6) is 11.5 Å². The molecule has 0 saturated heterocycles. The van der Waals surface area contributed by atoms with Crippen molar-refractivity contribution in [3.63, 3.8) is 0 Å². The van der Waals surface area contributed by atoms with E-state index >= 15 is 0 Å². The Hall–Kier alpha value is -4.30. The lowest BCUT2D eigenvalue weighted by atomic mass is 9.86. The molecule has 0 aliphatic rings. The van der Waals surface area contributed by atoms with Gasteiger partial charge in [0.05, 0.1) is 14.2 Å². The van der Waals surface area contributed by atoms with Crippen molar-refractivity contribution in [3.05, 3.63) is 109 Å². The summed E-state index contributed by atoms with van der Waals surface area (Å²) in [5, 5.41) is 6.84. The zero-order valence-electron chi connectivity index (χ0n) is 19.2. The molecule has 0 spiro atoms. The van der Waals surface area contributed by atoms with Crippen LogP contribution in [0.15, 0.2) is 109 Å². The van der Waals surface area contributed by atoms with Crippen molar-refractivity contribution in [3.8, 4) is 33.8 Å². The zero-order valence-corrected chi connectivity index (χ0v) is 19.2. The van der Waals surface area contributed by atoms with E-state index in [0.717, 1.165) is 55.1 Å². The van der Waals surface area contributed by atoms with Crippen molar-refractivity contribution in [1.82, 2.24) is 0 Å². The quantitative estimate of drug-likeness (QED) is 0.256. The summed E-state index contributed by atoms with van der Waals surface area (Å²) in [4.78, 5) is 0. The van der Waals surface area contributed by atoms with E-state index in [-0.39, 0.29) is 0 Å². The van der Waals surface area contributed by atoms with Gasteiger partial charge in [0, 0.05) is 21.7 Å². The molecule has 0 saturated carbocycles. The van der Waals surface area contributed by atoms with Crippen LogP contribution in [0.3, 0.4) is 0 Å². The maximum absolute atomic E-state index is 6.11. The number of fused-ring (bicyclic) bond motifs is 5. The van der Waals surface area contributed by atoms with Crippen molar-refractivity contribution in [2.45, 2.75) is 0 Å². The van der Waals surface area contributed by atoms with E-state index in [9.17, 15) is 0 Å². The Bertz CT molecular complexity index is 1650. The second-order valence-electron chi connectivity index (χ2n) is 8.42. The van der Waals surface area contributed by atoms with E-state index < -0.39 is 0 Å². The Labute approximate surface area is 199 Å². The van der Waals surface area contributed by atoms with Gasteiger partial charge in [0.2, 0.25) is 0 Å². The van der Waals surface area contributed by atoms with E-state index in [4.69, 9.17) is 9.47 Å². The molecule has 0 aliphatic carbocycles. The lowest BCUT2D eigenvalue weighted by molar-refractivity contribution is 0.420. The molecule has 0 bridgehead atoms. The summed E-state index contributed by atoms with van der Waals surface area (Å²) in [6, 6.07) is 38.2. The van der Waals surface area contributed by atoms with Crippen LogP contribution >= 0.6 is 0 Å². The predicted molar refractivity (Wildman–Crippen MR) is 143 cm³/mol. The van der Waals surface area contributed by atoms with Crippen molar-refractivity contribution in [2.24, 2.45) is 0 Å². The Morgan fingerprint density at radius 1 is 0.471 bits per heavy atom. The van der Waals surface area contributed by atoms with E-state index in [2.05, 4.69) is 97.1 Å². The predicted octanol–water partition coefficient (Wildman–Crippen LogP) is 8.50. The lowest BCUT2D eigenvalue weighted by Crippen LogP contribution is -1.96. The van der Waals surface area contributed by atoms with Gasteiger partial charge in [-0.05, 0) is 38.9 Å². The van der Waals surface area contributed by atoms with E-state index in [0.29, 0.717) is 0 Å². The third-order valence-electron chi connectivity index (χ3n) is 6.64. The third-order valence-corrected chi connectivity index (χ3v) is 6.64. The average Bonchev–Trinajstić information content (AvgIpc) is 2.92. The summed E-state index contributed by atoms with van der Waals surface area (Å²) in [5.74, 6) is 1.77. The normalized spacial score (nSPS) is 11.2. The number of benzene rings is 6. The van der Waals surface area contributed by atoms with Crippen LogP contribution in [0.4, 0.5) is 0 Å². The van der Waals surface area contributed by atoms with Crippen LogP contribution in [-0.4, -0.2) is 14.2 Å². The summed E-state index contributed by atoms with van der Waals surface area (Å²) in [6.45, 7) is 0. The standard InChI is InChI=1S/C32H24O2/c1-33-28-20-27-24-16-9-10-17-25(24)32(34-2)29(22-14-7-4-8-15-22)31(27)26-19-11-18-23(30(26)28)21-12-5-3-6-13-21/h3-20H,1-2H3. The van der Waals surface area contributed by atoms with Crippen LogP contribution in [-0.2, 0) is 0 Å². The van der Waals surface area contributed by atoms with E-state index in [1.807, 2.05) is 12.1 Å². The largest absolute Gasteiger partial charge is 0.496 e. The first-order chi connectivity index (χ1) is 16.8. The molecule has 2 heteroatoms. The summed E-state index contributed by atoms with van der Waals surface area (Å²) >= 11 is 0. The van der Waals surface area contributed by atoms with Gasteiger partial charge in [0.1, 0.15) is 11.5 Å². The highest BCUT2D eigenvalue weighted by Gasteiger charge is 2.21. The second-order valence-corrected chi connectivity index (χ2v) is 8.42. The molecule has 0 radical (unpaired) electrons. The van der Waals surface area contributed by atoms with Gasteiger partial charge in [-0.1, -0.05) is 103 Å². The van der Waals surface area contributed by atoms with Crippen LogP contribution in [0, 0.1) is 0 Å². The lowest BCUT2D eigenvalue weighted by Gasteiger charge is -2.21. The molecule has 34 heavy (non-hydrogen) atoms. The molecular weight excluding hydrogens is 416 g/mol. The van der Waals surface area contributed by atoms with Gasteiger partial charge in [0.15, 0.2) is 0 Å². The molecule has 2 nitrogen and oxygen atoms in total. The van der Waals surface area contributed by atoms with Gasteiger partial charge in [0.25, 0.3) is 0 Å². The number of rotatable bonds is 4. The number of methoxy groups -OCH3 is 2. The first kappa shape index (κ1) is 20.3. The molecule has 0 amide bonds. The molecular formula is C32H24O2. The first-order valence-corrected chi connectivity index (χ1v) is 11.4. The average molecular weight is 441 g/mol. The molecule has 0 atom stereocenters. The summed E-state index contributed by atoms with van der Waals surface area (Å²) in [7, 11) is 3.52. The molecule has 0 N–H and O–H groups in total. The second kappa shape index (κ2) is 8.24. The first-order valence-electron chi connectivity index (χ1n) is 11.4. The van der Waals surface area contributed by atoms with E-state index in [1.54, 1.807) is 14.2 Å². The Morgan fingerprint density at radius 3 is 1.76 bits per heavy atom. The molecule has 0 aromatic heterocycles. The van der Waals surface area contributed by atoms with Gasteiger partial charge < -0.3 is 9.47 Å². The van der Waals surface area contributed by atoms with Gasteiger partial charge >= 0.3 is 0 Å². The third kappa shape index (κ3) is 3.03. The Morgan fingerprint density at radius 2 is 1.09 bits per heavy atom. The maximum Gasteiger partial charge on any atom is 0.135 e. The molecule has 0 heterocycles. The van der Waals surface area contributed by atoms with Crippen LogP contribution in [0.25, 0.3) is 54.6 Å². The number of hydrogen-bond acceptors (Lipinski definition) is 2. The fourth-order valence-electron chi connectivity index (χ4n) is 5.20. The molecule has 164 valence electrons. The highest BCUT2D eigenvalue weighted by Crippen LogP contribution is 2.49. The molecule has 6 rings (SSSR count). The summed E-state index contributed by atoms with van der Waals surface area (Å²) in [5.41, 5.74) is 4.56. The van der Waals surface area contributed by atoms with Crippen LogP contribution < -0.4 is 9.47 Å². The fourth-order valence-corrected chi connectivity index (χ4v) is 5.20. The molecule has 6 aromatic carbocycles. The van der Waals surface area contributed by atoms with Crippen molar-refractivity contribution < 1.29 is 9.47 Å². The molecule has 6 aromatic rings. The van der Waals surface area contributed by atoms with E-state index in [1.165, 1.54) is 10.9 Å². The van der Waals surface area contributed by atoms with Gasteiger partial charge in [-0.15, -0.1) is 0 Å². The topological polar surface area (TPSA) is 18.5 Å². The minimum atomic E-state index is 0.872. The minimum Gasteiger partial charge on any atom is -0.496 e. The number of hydrogen-bond donors (Lipinski definition) is 0. The molecule has 0 aliphatic heterocycles. The van der Waals surface area contributed by atoms with Crippen molar-refractivity contribution >= 4 is 32.3 Å². The maximum atomic E-state index is 6.11. The van der Waals surface area contributed by atoms with Gasteiger partial charge in [-0.2, -0.15) is 0 Å². The van der Waals surface area contributed by atoms with Crippen molar-refractivity contribution in [2.75, 3.05) is 14.2 Å². The fraction of sp³-hybridized carbons (Fsp3) is 0.0625. The zero-order chi connectivity index (χ0) is 23.1. The molecule has 0 fully saturated rings. The van der Waals surface area contributed by atoms with Crippen LogP contribution in [0.1, 0.15) is 0 Å². The monoisotopic (exact) mass is 440 g/mol. The number of ether oxygens (including phenoxy) is 2. The van der Waals surface area contributed by atoms with Gasteiger partial charge in [-0.3, -0.25) is 0 Å². The highest BCUT2D eigenvalue weighted by atomic mass is 16.5. The Kier molecular flexibility index (Phi) is 4.92. The van der Waals surface area contributed by atoms with Crippen molar-refractivity contribution in [1.29, 1.82) is 0 Å². The minimum absolute atomic E-state index is 0.872. The van der Waals surface area contributed by atoms with Crippen LogP contribution in [0.2, 0.25) is 0 Å². The smallest absolute Gasteiger partial charge is 0.135 e. The highest BCUT2D eigenvalue weighted by molar-refractivity contribution is 6.28. The SMILES string of the molecule is COc1c(-c2ccccc2)c2c3cccc(-c4ccccc4)c3c(OC)cc2c2ccccc12. The summed E-state index contributed by atoms with van der Waals surface area (Å²) < 4.78 is 12.1.